The van der Waals surface area contributed by atoms with Crippen molar-refractivity contribution in [3.63, 3.8) is 0 Å². The molecule has 0 saturated carbocycles. The highest BCUT2D eigenvalue weighted by Gasteiger charge is 2.38. The summed E-state index contributed by atoms with van der Waals surface area (Å²) in [7, 11) is 0. The van der Waals surface area contributed by atoms with E-state index in [2.05, 4.69) is 43.2 Å². The van der Waals surface area contributed by atoms with E-state index in [1.165, 1.54) is 0 Å². The van der Waals surface area contributed by atoms with Crippen molar-refractivity contribution >= 4 is 0 Å². The molecule has 118 valence electrons. The Morgan fingerprint density at radius 3 is 2.52 bits per heavy atom. The van der Waals surface area contributed by atoms with E-state index in [4.69, 9.17) is 9.26 Å². The smallest absolute Gasteiger partial charge is 0.226 e. The molecule has 1 aromatic heterocycles. The maximum atomic E-state index is 5.48. The van der Waals surface area contributed by atoms with Crippen LogP contribution in [0.1, 0.15) is 64.6 Å². The molecule has 3 heterocycles. The SMILES string of the molecule is CC1(C)CC(Cc2nc(C3CCOC3)no2)CC(C)(C)N1. The van der Waals surface area contributed by atoms with Crippen LogP contribution in [0.15, 0.2) is 4.52 Å². The van der Waals surface area contributed by atoms with Crippen LogP contribution in [0.5, 0.6) is 0 Å². The van der Waals surface area contributed by atoms with Gasteiger partial charge in [0.25, 0.3) is 0 Å². The average molecular weight is 293 g/mol. The Morgan fingerprint density at radius 2 is 1.90 bits per heavy atom. The molecule has 0 bridgehead atoms. The highest BCUT2D eigenvalue weighted by molar-refractivity contribution is 5.01. The van der Waals surface area contributed by atoms with E-state index in [9.17, 15) is 0 Å². The van der Waals surface area contributed by atoms with Crippen molar-refractivity contribution in [2.24, 2.45) is 5.92 Å². The van der Waals surface area contributed by atoms with Crippen LogP contribution >= 0.6 is 0 Å². The molecule has 21 heavy (non-hydrogen) atoms. The molecule has 0 spiro atoms. The predicted molar refractivity (Wildman–Crippen MR) is 80.2 cm³/mol. The summed E-state index contributed by atoms with van der Waals surface area (Å²) in [6.07, 6.45) is 4.17. The molecule has 1 unspecified atom stereocenters. The van der Waals surface area contributed by atoms with Crippen molar-refractivity contribution in [3.05, 3.63) is 11.7 Å². The highest BCUT2D eigenvalue weighted by atomic mass is 16.5. The zero-order chi connectivity index (χ0) is 15.1. The molecule has 2 saturated heterocycles. The fraction of sp³-hybridized carbons (Fsp3) is 0.875. The quantitative estimate of drug-likeness (QED) is 0.928. The molecule has 0 amide bonds. The van der Waals surface area contributed by atoms with Crippen molar-refractivity contribution in [2.45, 2.75) is 70.4 Å². The van der Waals surface area contributed by atoms with E-state index < -0.39 is 0 Å². The number of rotatable bonds is 3. The summed E-state index contributed by atoms with van der Waals surface area (Å²) >= 11 is 0. The first-order valence-corrected chi connectivity index (χ1v) is 8.03. The number of hydrogen-bond donors (Lipinski definition) is 1. The summed E-state index contributed by atoms with van der Waals surface area (Å²) in [4.78, 5) is 4.60. The standard InChI is InChI=1S/C16H27N3O2/c1-15(2)8-11(9-16(3,4)19-15)7-13-17-14(18-21-13)12-5-6-20-10-12/h11-12,19H,5-10H2,1-4H3. The molecule has 5 heteroatoms. The molecule has 0 aromatic carbocycles. The van der Waals surface area contributed by atoms with Crippen LogP contribution in [-0.2, 0) is 11.2 Å². The zero-order valence-electron chi connectivity index (χ0n) is 13.6. The van der Waals surface area contributed by atoms with Crippen molar-refractivity contribution in [1.82, 2.24) is 15.5 Å². The van der Waals surface area contributed by atoms with Gasteiger partial charge in [0.1, 0.15) is 0 Å². The number of piperidine rings is 1. The number of aromatic nitrogens is 2. The van der Waals surface area contributed by atoms with Gasteiger partial charge in [0.05, 0.1) is 6.61 Å². The summed E-state index contributed by atoms with van der Waals surface area (Å²) in [6, 6.07) is 0. The normalized spacial score (nSPS) is 28.9. The van der Waals surface area contributed by atoms with Crippen LogP contribution in [-0.4, -0.2) is 34.4 Å². The topological polar surface area (TPSA) is 60.2 Å². The minimum Gasteiger partial charge on any atom is -0.381 e. The van der Waals surface area contributed by atoms with Gasteiger partial charge in [-0.05, 0) is 52.9 Å². The fourth-order valence-electron chi connectivity index (χ4n) is 4.18. The molecule has 3 rings (SSSR count). The van der Waals surface area contributed by atoms with Crippen molar-refractivity contribution in [3.8, 4) is 0 Å². The van der Waals surface area contributed by atoms with E-state index in [0.29, 0.717) is 11.8 Å². The van der Waals surface area contributed by atoms with Gasteiger partial charge in [0, 0.05) is 30.0 Å². The van der Waals surface area contributed by atoms with Gasteiger partial charge in [-0.2, -0.15) is 4.98 Å². The lowest BCUT2D eigenvalue weighted by molar-refractivity contribution is 0.123. The molecule has 1 N–H and O–H groups in total. The third-order valence-corrected chi connectivity index (χ3v) is 4.52. The minimum atomic E-state index is 0.161. The van der Waals surface area contributed by atoms with Crippen molar-refractivity contribution < 1.29 is 9.26 Å². The summed E-state index contributed by atoms with van der Waals surface area (Å²) in [5, 5.41) is 7.87. The first-order valence-electron chi connectivity index (χ1n) is 8.03. The van der Waals surface area contributed by atoms with Gasteiger partial charge in [-0.25, -0.2) is 0 Å². The molecule has 1 atom stereocenters. The van der Waals surface area contributed by atoms with Crippen LogP contribution in [0.25, 0.3) is 0 Å². The van der Waals surface area contributed by atoms with Crippen LogP contribution in [0, 0.1) is 5.92 Å². The molecule has 2 fully saturated rings. The van der Waals surface area contributed by atoms with Gasteiger partial charge in [0.2, 0.25) is 5.89 Å². The highest BCUT2D eigenvalue weighted by Crippen LogP contribution is 2.34. The molecule has 2 aliphatic rings. The van der Waals surface area contributed by atoms with Gasteiger partial charge >= 0.3 is 0 Å². The summed E-state index contributed by atoms with van der Waals surface area (Å²) in [5.74, 6) is 2.53. The average Bonchev–Trinajstić information content (AvgIpc) is 2.93. The first kappa shape index (κ1) is 15.0. The summed E-state index contributed by atoms with van der Waals surface area (Å²) in [5.41, 5.74) is 0.323. The maximum Gasteiger partial charge on any atom is 0.226 e. The minimum absolute atomic E-state index is 0.161. The van der Waals surface area contributed by atoms with Gasteiger partial charge in [-0.15, -0.1) is 0 Å². The van der Waals surface area contributed by atoms with Gasteiger partial charge in [-0.3, -0.25) is 0 Å². The second-order valence-corrected chi connectivity index (χ2v) is 7.98. The van der Waals surface area contributed by atoms with Crippen LogP contribution < -0.4 is 5.32 Å². The Labute approximate surface area is 126 Å². The molecular formula is C16H27N3O2. The second kappa shape index (κ2) is 5.36. The van der Waals surface area contributed by atoms with Crippen molar-refractivity contribution in [2.75, 3.05) is 13.2 Å². The number of hydrogen-bond acceptors (Lipinski definition) is 5. The van der Waals surface area contributed by atoms with Gasteiger partial charge < -0.3 is 14.6 Å². The monoisotopic (exact) mass is 293 g/mol. The summed E-state index contributed by atoms with van der Waals surface area (Å²) < 4.78 is 10.9. The Kier molecular flexibility index (Phi) is 3.82. The van der Waals surface area contributed by atoms with E-state index in [1.54, 1.807) is 0 Å². The third kappa shape index (κ3) is 3.64. The maximum absolute atomic E-state index is 5.48. The largest absolute Gasteiger partial charge is 0.381 e. The van der Waals surface area contributed by atoms with E-state index in [1.807, 2.05) is 0 Å². The number of nitrogens with one attached hydrogen (secondary N) is 1. The number of ether oxygens (including phenoxy) is 1. The molecule has 0 aliphatic carbocycles. The third-order valence-electron chi connectivity index (χ3n) is 4.52. The van der Waals surface area contributed by atoms with Crippen LogP contribution in [0.2, 0.25) is 0 Å². The molecule has 5 nitrogen and oxygen atoms in total. The zero-order valence-corrected chi connectivity index (χ0v) is 13.6. The van der Waals surface area contributed by atoms with E-state index in [0.717, 1.165) is 50.6 Å². The lowest BCUT2D eigenvalue weighted by atomic mass is 9.75. The molecule has 1 aromatic rings. The van der Waals surface area contributed by atoms with E-state index >= 15 is 0 Å². The lowest BCUT2D eigenvalue weighted by Gasteiger charge is -2.46. The Bertz CT molecular complexity index is 473. The number of nitrogens with zero attached hydrogens (tertiary/aromatic N) is 2. The molecule has 2 aliphatic heterocycles. The van der Waals surface area contributed by atoms with Gasteiger partial charge in [0.15, 0.2) is 5.82 Å². The van der Waals surface area contributed by atoms with E-state index in [-0.39, 0.29) is 11.1 Å². The molecule has 0 radical (unpaired) electrons. The summed E-state index contributed by atoms with van der Waals surface area (Å²) in [6.45, 7) is 10.6. The Morgan fingerprint density at radius 1 is 1.19 bits per heavy atom. The van der Waals surface area contributed by atoms with Gasteiger partial charge in [-0.1, -0.05) is 5.16 Å². The van der Waals surface area contributed by atoms with Crippen molar-refractivity contribution in [1.29, 1.82) is 0 Å². The predicted octanol–water partition coefficient (Wildman–Crippen LogP) is 2.67. The fourth-order valence-corrected chi connectivity index (χ4v) is 4.18. The molecular weight excluding hydrogens is 266 g/mol. The first-order chi connectivity index (χ1) is 9.83. The second-order valence-electron chi connectivity index (χ2n) is 7.98. The Hall–Kier alpha value is -0.940. The van der Waals surface area contributed by atoms with Crippen LogP contribution in [0.3, 0.4) is 0 Å². The van der Waals surface area contributed by atoms with Crippen LogP contribution in [0.4, 0.5) is 0 Å². The Balaban J connectivity index is 1.66. The lowest BCUT2D eigenvalue weighted by Crippen LogP contribution is -2.58.